The number of carbonyl (C=O) groups excluding carboxylic acids is 4. The maximum Gasteiger partial charge on any atom is 0.343 e. The van der Waals surface area contributed by atoms with Crippen LogP contribution in [0.15, 0.2) is 79.5 Å². The van der Waals surface area contributed by atoms with Crippen molar-refractivity contribution in [3.05, 3.63) is 120 Å². The second-order valence-electron chi connectivity index (χ2n) is 9.64. The lowest BCUT2D eigenvalue weighted by Crippen LogP contribution is -2.51. The van der Waals surface area contributed by atoms with Crippen LogP contribution in [0.25, 0.3) is 0 Å². The molecule has 17 heteroatoms. The third-order valence-electron chi connectivity index (χ3n) is 6.56. The molecule has 4 aromatic rings. The highest BCUT2D eigenvalue weighted by Crippen LogP contribution is 2.36. The van der Waals surface area contributed by atoms with Gasteiger partial charge in [-0.05, 0) is 48.5 Å². The molecule has 5 heterocycles. The molecule has 4 unspecified atom stereocenters. The Morgan fingerprint density at radius 3 is 1.79 bits per heavy atom. The lowest BCUT2D eigenvalue weighted by Gasteiger charge is -2.29. The predicted octanol–water partition coefficient (Wildman–Crippen LogP) is 2.24. The smallest absolute Gasteiger partial charge is 0.343 e. The number of nitrogens with zero attached hydrogens (tertiary/aromatic N) is 4. The molecule has 0 radical (unpaired) electrons. The van der Waals surface area contributed by atoms with Crippen LogP contribution in [0.2, 0.25) is 0 Å². The third kappa shape index (κ3) is 7.37. The number of halogens is 3. The largest absolute Gasteiger partial charge is 0.459 e. The first-order chi connectivity index (χ1) is 22.6. The molecular formula is C30H21F3N4O10. The molecule has 242 valence electrons. The summed E-state index contributed by atoms with van der Waals surface area (Å²) >= 11 is 0. The van der Waals surface area contributed by atoms with Crippen LogP contribution in [0.5, 0.6) is 0 Å². The number of pyridine rings is 4. The van der Waals surface area contributed by atoms with Crippen LogP contribution in [0.1, 0.15) is 41.4 Å². The molecule has 4 atom stereocenters. The Bertz CT molecular complexity index is 1800. The summed E-state index contributed by atoms with van der Waals surface area (Å²) in [5, 5.41) is 11.6. The number of aliphatic hydroxyl groups is 1. The van der Waals surface area contributed by atoms with Crippen molar-refractivity contribution in [1.29, 1.82) is 0 Å². The number of ether oxygens (including phenoxy) is 5. The number of aromatic nitrogens is 4. The molecule has 47 heavy (non-hydrogen) atoms. The fourth-order valence-corrected chi connectivity index (χ4v) is 4.34. The molecule has 0 saturated carbocycles. The third-order valence-corrected chi connectivity index (χ3v) is 6.56. The zero-order valence-corrected chi connectivity index (χ0v) is 23.7. The van der Waals surface area contributed by atoms with Crippen LogP contribution >= 0.6 is 0 Å². The summed E-state index contributed by atoms with van der Waals surface area (Å²) in [7, 11) is 0. The van der Waals surface area contributed by atoms with E-state index in [0.29, 0.717) is 0 Å². The highest BCUT2D eigenvalue weighted by Gasteiger charge is 2.60. The average molecular weight is 655 g/mol. The van der Waals surface area contributed by atoms with E-state index >= 15 is 0 Å². The average Bonchev–Trinajstić information content (AvgIpc) is 3.33. The number of hydrogen-bond acceptors (Lipinski definition) is 14. The first kappa shape index (κ1) is 32.6. The van der Waals surface area contributed by atoms with Crippen molar-refractivity contribution in [1.82, 2.24) is 19.9 Å². The topological polar surface area (TPSA) is 186 Å². The molecule has 1 aliphatic rings. The molecule has 1 fully saturated rings. The number of hydrogen-bond donors (Lipinski definition) is 1. The number of carbonyl (C=O) groups is 4. The maximum atomic E-state index is 14.4. The Labute approximate surface area is 262 Å². The van der Waals surface area contributed by atoms with E-state index in [1.54, 1.807) is 0 Å². The molecule has 4 aromatic heterocycles. The van der Waals surface area contributed by atoms with Crippen LogP contribution in [-0.4, -0.2) is 86.2 Å². The normalized spacial score (nSPS) is 20.2. The molecule has 1 aliphatic heterocycles. The van der Waals surface area contributed by atoms with Gasteiger partial charge in [-0.15, -0.1) is 0 Å². The van der Waals surface area contributed by atoms with Crippen molar-refractivity contribution in [2.24, 2.45) is 0 Å². The SMILES string of the molecule is O=C(OCC1(O)OC(COC(=O)c2cccnc2F)C(OC(=O)c2cccnc2F)C1OC(=O)c1cccnc1F)c1cccnc1. The van der Waals surface area contributed by atoms with E-state index in [-0.39, 0.29) is 5.56 Å². The van der Waals surface area contributed by atoms with E-state index in [1.165, 1.54) is 36.5 Å². The minimum Gasteiger partial charge on any atom is -0.459 e. The minimum absolute atomic E-state index is 0.0564. The number of rotatable bonds is 10. The molecule has 1 saturated heterocycles. The van der Waals surface area contributed by atoms with Gasteiger partial charge in [0.05, 0.1) is 5.56 Å². The Kier molecular flexibility index (Phi) is 9.77. The molecule has 0 aromatic carbocycles. The maximum absolute atomic E-state index is 14.4. The van der Waals surface area contributed by atoms with Gasteiger partial charge in [-0.3, -0.25) is 4.98 Å². The monoisotopic (exact) mass is 654 g/mol. The van der Waals surface area contributed by atoms with Gasteiger partial charge in [0, 0.05) is 31.0 Å². The van der Waals surface area contributed by atoms with Crippen molar-refractivity contribution in [2.45, 2.75) is 24.1 Å². The summed E-state index contributed by atoms with van der Waals surface area (Å²) in [4.78, 5) is 65.3. The molecule has 0 spiro atoms. The Balaban J connectivity index is 1.48. The fraction of sp³-hybridized carbons (Fsp3) is 0.200. The Morgan fingerprint density at radius 2 is 1.26 bits per heavy atom. The van der Waals surface area contributed by atoms with Crippen LogP contribution in [0.4, 0.5) is 13.2 Å². The summed E-state index contributed by atoms with van der Waals surface area (Å²) in [6.07, 6.45) is -0.161. The zero-order valence-electron chi connectivity index (χ0n) is 23.7. The Hall–Kier alpha value is -5.81. The first-order valence-electron chi connectivity index (χ1n) is 13.5. The van der Waals surface area contributed by atoms with Gasteiger partial charge in [0.1, 0.15) is 36.0 Å². The molecule has 1 N–H and O–H groups in total. The lowest BCUT2D eigenvalue weighted by atomic mass is 10.0. The zero-order chi connectivity index (χ0) is 33.6. The second kappa shape index (κ2) is 14.1. The van der Waals surface area contributed by atoms with Crippen molar-refractivity contribution in [2.75, 3.05) is 13.2 Å². The molecule has 5 rings (SSSR count). The van der Waals surface area contributed by atoms with Crippen molar-refractivity contribution in [3.8, 4) is 0 Å². The molecule has 0 bridgehead atoms. The van der Waals surface area contributed by atoms with Gasteiger partial charge in [0.25, 0.3) is 0 Å². The highest BCUT2D eigenvalue weighted by atomic mass is 19.1. The van der Waals surface area contributed by atoms with E-state index in [2.05, 4.69) is 19.9 Å². The quantitative estimate of drug-likeness (QED) is 0.149. The van der Waals surface area contributed by atoms with E-state index in [4.69, 9.17) is 23.7 Å². The van der Waals surface area contributed by atoms with Gasteiger partial charge in [-0.1, -0.05) is 0 Å². The van der Waals surface area contributed by atoms with Crippen LogP contribution in [0, 0.1) is 17.8 Å². The fourth-order valence-electron chi connectivity index (χ4n) is 4.34. The van der Waals surface area contributed by atoms with E-state index in [9.17, 15) is 37.5 Å². The van der Waals surface area contributed by atoms with Gasteiger partial charge in [-0.25, -0.2) is 34.1 Å². The van der Waals surface area contributed by atoms with Crippen molar-refractivity contribution >= 4 is 23.9 Å². The Morgan fingerprint density at radius 1 is 0.723 bits per heavy atom. The van der Waals surface area contributed by atoms with Gasteiger partial charge >= 0.3 is 23.9 Å². The van der Waals surface area contributed by atoms with Gasteiger partial charge in [-0.2, -0.15) is 13.2 Å². The van der Waals surface area contributed by atoms with Crippen molar-refractivity contribution < 1.29 is 61.1 Å². The highest BCUT2D eigenvalue weighted by molar-refractivity contribution is 5.91. The van der Waals surface area contributed by atoms with Crippen LogP contribution < -0.4 is 0 Å². The summed E-state index contributed by atoms with van der Waals surface area (Å²) in [6, 6.07) is 9.49. The van der Waals surface area contributed by atoms with Gasteiger partial charge in [0.15, 0.2) is 12.2 Å². The first-order valence-corrected chi connectivity index (χ1v) is 13.5. The van der Waals surface area contributed by atoms with Crippen molar-refractivity contribution in [3.63, 3.8) is 0 Å². The molecule has 0 amide bonds. The molecule has 0 aliphatic carbocycles. The summed E-state index contributed by atoms with van der Waals surface area (Å²) in [5.41, 5.74) is -2.05. The van der Waals surface area contributed by atoms with E-state index < -0.39 is 95.7 Å². The molecular weight excluding hydrogens is 633 g/mol. The second-order valence-corrected chi connectivity index (χ2v) is 9.64. The van der Waals surface area contributed by atoms with E-state index in [1.807, 2.05) is 0 Å². The predicted molar refractivity (Wildman–Crippen MR) is 146 cm³/mol. The standard InChI is InChI=1S/C30H21F3N4O10/c31-23-17(6-2-10-35-23)27(39)43-14-20-21(45-28(40)18-7-3-11-36-24(18)32)22(46-29(41)19-8-4-12-37-25(19)33)30(42,47-20)15-44-26(38)16-5-1-9-34-13-16/h1-13,20-22,42H,14-15H2. The minimum atomic E-state index is -2.87. The van der Waals surface area contributed by atoms with E-state index in [0.717, 1.165) is 43.0 Å². The lowest BCUT2D eigenvalue weighted by molar-refractivity contribution is -0.247. The summed E-state index contributed by atoms with van der Waals surface area (Å²) < 4.78 is 69.5. The summed E-state index contributed by atoms with van der Waals surface area (Å²) in [5.74, 6) is -11.7. The molecule has 14 nitrogen and oxygen atoms in total. The van der Waals surface area contributed by atoms with Crippen LogP contribution in [0.3, 0.4) is 0 Å². The van der Waals surface area contributed by atoms with Gasteiger partial charge in [0.2, 0.25) is 23.6 Å². The number of esters is 4. The van der Waals surface area contributed by atoms with Crippen LogP contribution in [-0.2, 0) is 23.7 Å². The van der Waals surface area contributed by atoms with Gasteiger partial charge < -0.3 is 28.8 Å². The summed E-state index contributed by atoms with van der Waals surface area (Å²) in [6.45, 7) is -2.01.